The summed E-state index contributed by atoms with van der Waals surface area (Å²) >= 11 is 0. The van der Waals surface area contributed by atoms with Crippen molar-refractivity contribution in [2.45, 2.75) is 57.3 Å². The second-order valence-electron chi connectivity index (χ2n) is 7.77. The van der Waals surface area contributed by atoms with E-state index in [1.807, 2.05) is 0 Å². The number of aliphatic hydroxyl groups excluding tert-OH is 1. The minimum Gasteiger partial charge on any atom is -0.480 e. The zero-order valence-corrected chi connectivity index (χ0v) is 18.4. The summed E-state index contributed by atoms with van der Waals surface area (Å²) in [7, 11) is 0. The summed E-state index contributed by atoms with van der Waals surface area (Å²) in [5.41, 5.74) is 11.3. The number of rotatable bonds is 14. The lowest BCUT2D eigenvalue weighted by molar-refractivity contribution is -0.143. The van der Waals surface area contributed by atoms with Crippen molar-refractivity contribution in [3.05, 3.63) is 18.2 Å². The number of H-pyrrole nitrogens is 1. The average Bonchev–Trinajstić information content (AvgIpc) is 3.25. The number of nitrogens with zero attached hydrogens (tertiary/aromatic N) is 1. The highest BCUT2D eigenvalue weighted by atomic mass is 16.4. The van der Waals surface area contributed by atoms with Crippen LogP contribution in [0.1, 0.15) is 32.4 Å². The molecular formula is C19H31N7O7. The third-order valence-corrected chi connectivity index (χ3v) is 4.69. The Hall–Kier alpha value is -3.52. The summed E-state index contributed by atoms with van der Waals surface area (Å²) < 4.78 is 0. The zero-order valence-electron chi connectivity index (χ0n) is 18.4. The second kappa shape index (κ2) is 13.1. The number of aromatic amines is 1. The van der Waals surface area contributed by atoms with E-state index in [4.69, 9.17) is 21.7 Å². The topological polar surface area (TPSA) is 243 Å². The summed E-state index contributed by atoms with van der Waals surface area (Å²) in [4.78, 5) is 66.6. The summed E-state index contributed by atoms with van der Waals surface area (Å²) in [6, 6.07) is -4.96. The van der Waals surface area contributed by atoms with E-state index < -0.39 is 66.3 Å². The minimum absolute atomic E-state index is 0.0130. The highest BCUT2D eigenvalue weighted by Crippen LogP contribution is 2.06. The first-order chi connectivity index (χ1) is 15.5. The van der Waals surface area contributed by atoms with Crippen molar-refractivity contribution in [2.75, 3.05) is 6.61 Å². The molecule has 4 amide bonds. The Morgan fingerprint density at radius 1 is 1.06 bits per heavy atom. The standard InChI is InChI=1S/C19H31N7O7/c1-9(2)15(18(31)25-13(7-27)19(32)33)26-17(30)12(5-10-6-22-8-23-10)24-16(29)11(20)3-4-14(21)28/h6,8-9,11-13,15,27H,3-5,7,20H2,1-2H3,(H2,21,28)(H,22,23)(H,24,29)(H,25,31)(H,26,30)(H,32,33). The molecule has 0 aliphatic rings. The molecule has 1 heterocycles. The number of aromatic nitrogens is 2. The van der Waals surface area contributed by atoms with Gasteiger partial charge in [-0.05, 0) is 12.3 Å². The fourth-order valence-corrected chi connectivity index (χ4v) is 2.77. The molecule has 1 aromatic rings. The number of nitrogens with two attached hydrogens (primary N) is 2. The van der Waals surface area contributed by atoms with Crippen LogP contribution in [0.2, 0.25) is 0 Å². The molecule has 0 saturated heterocycles. The smallest absolute Gasteiger partial charge is 0.328 e. The number of carboxylic acid groups (broad SMARTS) is 1. The Labute approximate surface area is 189 Å². The Morgan fingerprint density at radius 2 is 1.70 bits per heavy atom. The molecule has 0 radical (unpaired) electrons. The number of carbonyl (C=O) groups is 5. The van der Waals surface area contributed by atoms with Crippen molar-refractivity contribution >= 4 is 29.6 Å². The maximum absolute atomic E-state index is 13.0. The van der Waals surface area contributed by atoms with E-state index in [0.717, 1.165) is 0 Å². The fourth-order valence-electron chi connectivity index (χ4n) is 2.77. The number of amides is 4. The van der Waals surface area contributed by atoms with E-state index in [9.17, 15) is 24.0 Å². The lowest BCUT2D eigenvalue weighted by Crippen LogP contribution is -2.59. The first-order valence-corrected chi connectivity index (χ1v) is 10.2. The average molecular weight is 469 g/mol. The maximum Gasteiger partial charge on any atom is 0.328 e. The quantitative estimate of drug-likeness (QED) is 0.136. The monoisotopic (exact) mass is 469 g/mol. The fraction of sp³-hybridized carbons (Fsp3) is 0.579. The number of aliphatic carboxylic acids is 1. The lowest BCUT2D eigenvalue weighted by Gasteiger charge is -2.26. The van der Waals surface area contributed by atoms with E-state index >= 15 is 0 Å². The molecule has 0 aliphatic heterocycles. The number of nitrogens with one attached hydrogen (secondary N) is 4. The summed E-state index contributed by atoms with van der Waals surface area (Å²) in [5, 5.41) is 25.3. The summed E-state index contributed by atoms with van der Waals surface area (Å²) in [5.74, 6) is -4.77. The number of primary amides is 1. The minimum atomic E-state index is -1.54. The number of hydrogen-bond donors (Lipinski definition) is 8. The van der Waals surface area contributed by atoms with Crippen LogP contribution in [-0.2, 0) is 30.4 Å². The normalized spacial score (nSPS) is 14.6. The van der Waals surface area contributed by atoms with E-state index in [0.29, 0.717) is 5.69 Å². The molecule has 0 spiro atoms. The Bertz CT molecular complexity index is 828. The molecule has 0 aromatic carbocycles. The third kappa shape index (κ3) is 9.24. The van der Waals surface area contributed by atoms with Gasteiger partial charge in [-0.3, -0.25) is 19.2 Å². The van der Waals surface area contributed by atoms with Gasteiger partial charge in [-0.15, -0.1) is 0 Å². The lowest BCUT2D eigenvalue weighted by atomic mass is 10.0. The van der Waals surface area contributed by atoms with Gasteiger partial charge < -0.3 is 42.6 Å². The molecule has 14 heteroatoms. The number of imidazole rings is 1. The van der Waals surface area contributed by atoms with Crippen LogP contribution in [0.25, 0.3) is 0 Å². The first kappa shape index (κ1) is 27.5. The van der Waals surface area contributed by atoms with Crippen molar-refractivity contribution in [1.29, 1.82) is 0 Å². The molecule has 0 bridgehead atoms. The van der Waals surface area contributed by atoms with Gasteiger partial charge >= 0.3 is 5.97 Å². The van der Waals surface area contributed by atoms with Crippen LogP contribution >= 0.6 is 0 Å². The van der Waals surface area contributed by atoms with E-state index in [1.54, 1.807) is 13.8 Å². The van der Waals surface area contributed by atoms with Gasteiger partial charge in [0, 0.05) is 24.7 Å². The molecule has 10 N–H and O–H groups in total. The van der Waals surface area contributed by atoms with Crippen LogP contribution in [-0.4, -0.2) is 80.6 Å². The van der Waals surface area contributed by atoms with Gasteiger partial charge in [0.1, 0.15) is 18.1 Å². The van der Waals surface area contributed by atoms with Crippen molar-refractivity contribution < 1.29 is 34.2 Å². The highest BCUT2D eigenvalue weighted by molar-refractivity contribution is 5.94. The van der Waals surface area contributed by atoms with E-state index in [1.165, 1.54) is 12.5 Å². The molecule has 14 nitrogen and oxygen atoms in total. The molecule has 0 fully saturated rings. The molecular weight excluding hydrogens is 438 g/mol. The van der Waals surface area contributed by atoms with Crippen molar-refractivity contribution in [3.8, 4) is 0 Å². The predicted molar refractivity (Wildman–Crippen MR) is 114 cm³/mol. The number of hydrogen-bond acceptors (Lipinski definition) is 8. The van der Waals surface area contributed by atoms with Crippen LogP contribution in [0.3, 0.4) is 0 Å². The van der Waals surface area contributed by atoms with Crippen molar-refractivity contribution in [2.24, 2.45) is 17.4 Å². The van der Waals surface area contributed by atoms with Gasteiger partial charge in [0.2, 0.25) is 23.6 Å². The first-order valence-electron chi connectivity index (χ1n) is 10.2. The molecule has 1 aromatic heterocycles. The highest BCUT2D eigenvalue weighted by Gasteiger charge is 2.32. The van der Waals surface area contributed by atoms with Gasteiger partial charge in [0.25, 0.3) is 0 Å². The van der Waals surface area contributed by atoms with Crippen molar-refractivity contribution in [3.63, 3.8) is 0 Å². The van der Waals surface area contributed by atoms with Gasteiger partial charge in [-0.2, -0.15) is 0 Å². The summed E-state index contributed by atoms with van der Waals surface area (Å²) in [6.45, 7) is 2.42. The molecule has 4 unspecified atom stereocenters. The predicted octanol–water partition coefficient (Wildman–Crippen LogP) is -3.27. The van der Waals surface area contributed by atoms with Crippen LogP contribution < -0.4 is 27.4 Å². The van der Waals surface area contributed by atoms with Gasteiger partial charge in [0.15, 0.2) is 0 Å². The molecule has 184 valence electrons. The van der Waals surface area contributed by atoms with Gasteiger partial charge in [-0.1, -0.05) is 13.8 Å². The van der Waals surface area contributed by atoms with Crippen LogP contribution in [0.4, 0.5) is 0 Å². The Kier molecular flexibility index (Phi) is 10.9. The van der Waals surface area contributed by atoms with Crippen LogP contribution in [0.5, 0.6) is 0 Å². The molecule has 1 rings (SSSR count). The van der Waals surface area contributed by atoms with Gasteiger partial charge in [0.05, 0.1) is 19.0 Å². The summed E-state index contributed by atoms with van der Waals surface area (Å²) in [6.07, 6.45) is 2.69. The van der Waals surface area contributed by atoms with Gasteiger partial charge in [-0.25, -0.2) is 9.78 Å². The SMILES string of the molecule is CC(C)C(NC(=O)C(Cc1cnc[nH]1)NC(=O)C(N)CCC(N)=O)C(=O)NC(CO)C(=O)O. The molecule has 33 heavy (non-hydrogen) atoms. The van der Waals surface area contributed by atoms with E-state index in [-0.39, 0.29) is 19.3 Å². The third-order valence-electron chi connectivity index (χ3n) is 4.69. The maximum atomic E-state index is 13.0. The number of carbonyl (C=O) groups excluding carboxylic acids is 4. The second-order valence-corrected chi connectivity index (χ2v) is 7.77. The Balaban J connectivity index is 2.97. The number of carboxylic acids is 1. The largest absolute Gasteiger partial charge is 0.480 e. The Morgan fingerprint density at radius 3 is 2.18 bits per heavy atom. The van der Waals surface area contributed by atoms with E-state index in [2.05, 4.69) is 25.9 Å². The molecule has 0 aliphatic carbocycles. The molecule has 0 saturated carbocycles. The number of aliphatic hydroxyl groups is 1. The molecule has 4 atom stereocenters. The van der Waals surface area contributed by atoms with Crippen LogP contribution in [0.15, 0.2) is 12.5 Å². The van der Waals surface area contributed by atoms with Crippen molar-refractivity contribution in [1.82, 2.24) is 25.9 Å². The zero-order chi connectivity index (χ0) is 25.1. The van der Waals surface area contributed by atoms with Crippen LogP contribution in [0, 0.1) is 5.92 Å².